The monoisotopic (exact) mass is 126 g/mol. The van der Waals surface area contributed by atoms with Gasteiger partial charge in [-0.1, -0.05) is 0 Å². The van der Waals surface area contributed by atoms with Crippen LogP contribution in [0.3, 0.4) is 0 Å². The van der Waals surface area contributed by atoms with Gasteiger partial charge in [-0.2, -0.15) is 0 Å². The van der Waals surface area contributed by atoms with E-state index >= 15 is 0 Å². The van der Waals surface area contributed by atoms with Crippen molar-refractivity contribution >= 4 is 5.78 Å². The van der Waals surface area contributed by atoms with E-state index in [2.05, 4.69) is 10.6 Å². The van der Waals surface area contributed by atoms with Gasteiger partial charge in [-0.3, -0.25) is 10.1 Å². The average molecular weight is 126 g/mol. The number of hydrogen-bond acceptors (Lipinski definition) is 3. The van der Waals surface area contributed by atoms with E-state index in [0.717, 1.165) is 12.2 Å². The molecule has 1 aliphatic rings. The van der Waals surface area contributed by atoms with Crippen molar-refractivity contribution in [1.29, 1.82) is 0 Å². The van der Waals surface area contributed by atoms with Gasteiger partial charge in [0.05, 0.1) is 6.67 Å². The zero-order chi connectivity index (χ0) is 6.69. The molecule has 0 aliphatic carbocycles. The lowest BCUT2D eigenvalue weighted by Gasteiger charge is -2.12. The van der Waals surface area contributed by atoms with Crippen molar-refractivity contribution in [3.8, 4) is 0 Å². The van der Waals surface area contributed by atoms with Gasteiger partial charge in [0.15, 0.2) is 5.78 Å². The summed E-state index contributed by atoms with van der Waals surface area (Å²) >= 11 is 0. The van der Waals surface area contributed by atoms with Gasteiger partial charge in [-0.15, -0.1) is 0 Å². The van der Waals surface area contributed by atoms with E-state index in [1.165, 1.54) is 0 Å². The Bertz CT molecular complexity index is 151. The maximum Gasteiger partial charge on any atom is 0.158 e. The van der Waals surface area contributed by atoms with Crippen LogP contribution in [0.1, 0.15) is 6.92 Å². The summed E-state index contributed by atoms with van der Waals surface area (Å²) in [5.74, 6) is 0.134. The van der Waals surface area contributed by atoms with Crippen LogP contribution in [0.2, 0.25) is 0 Å². The minimum Gasteiger partial charge on any atom is -0.378 e. The molecule has 50 valence electrons. The molecule has 0 aromatic heterocycles. The van der Waals surface area contributed by atoms with Gasteiger partial charge in [0.1, 0.15) is 0 Å². The average Bonchev–Trinajstić information content (AvgIpc) is 1.90. The highest BCUT2D eigenvalue weighted by atomic mass is 16.1. The number of nitrogens with one attached hydrogen (secondary N) is 2. The third-order valence-corrected chi connectivity index (χ3v) is 1.27. The molecule has 0 atom stereocenters. The van der Waals surface area contributed by atoms with Crippen molar-refractivity contribution in [2.24, 2.45) is 0 Å². The first-order chi connectivity index (χ1) is 4.30. The first-order valence-electron chi connectivity index (χ1n) is 2.95. The fourth-order valence-electron chi connectivity index (χ4n) is 0.721. The van der Waals surface area contributed by atoms with Crippen LogP contribution in [-0.2, 0) is 4.79 Å². The highest BCUT2D eigenvalue weighted by molar-refractivity contribution is 5.93. The van der Waals surface area contributed by atoms with Gasteiger partial charge < -0.3 is 5.32 Å². The second kappa shape index (κ2) is 2.64. The highest BCUT2D eigenvalue weighted by Gasteiger charge is 2.04. The number of rotatable bonds is 1. The van der Waals surface area contributed by atoms with Crippen LogP contribution < -0.4 is 10.6 Å². The van der Waals surface area contributed by atoms with Crippen molar-refractivity contribution in [3.63, 3.8) is 0 Å². The van der Waals surface area contributed by atoms with E-state index in [0.29, 0.717) is 6.54 Å². The first-order valence-corrected chi connectivity index (χ1v) is 2.95. The van der Waals surface area contributed by atoms with Crippen LogP contribution in [0, 0.1) is 0 Å². The molecule has 0 spiro atoms. The van der Waals surface area contributed by atoms with E-state index in [9.17, 15) is 4.79 Å². The molecule has 0 fully saturated rings. The second-order valence-electron chi connectivity index (χ2n) is 2.03. The number of Topliss-reactive ketones (excluding diaryl/α,β-unsaturated/α-hetero) is 1. The van der Waals surface area contributed by atoms with Crippen LogP contribution in [0.15, 0.2) is 11.8 Å². The fraction of sp³-hybridized carbons (Fsp3) is 0.500. The van der Waals surface area contributed by atoms with Crippen molar-refractivity contribution in [2.45, 2.75) is 6.92 Å². The molecular weight excluding hydrogens is 116 g/mol. The summed E-state index contributed by atoms with van der Waals surface area (Å²) in [5.41, 5.74) is 0.821. The zero-order valence-corrected chi connectivity index (χ0v) is 5.40. The Morgan fingerprint density at radius 3 is 2.89 bits per heavy atom. The minimum absolute atomic E-state index is 0.134. The van der Waals surface area contributed by atoms with E-state index in [4.69, 9.17) is 0 Å². The SMILES string of the molecule is CC(=O)C1=CNCNC1. The van der Waals surface area contributed by atoms with Gasteiger partial charge in [0, 0.05) is 18.3 Å². The Hall–Kier alpha value is -0.830. The smallest absolute Gasteiger partial charge is 0.158 e. The lowest BCUT2D eigenvalue weighted by Crippen LogP contribution is -2.34. The molecule has 1 aliphatic heterocycles. The van der Waals surface area contributed by atoms with Crippen molar-refractivity contribution in [3.05, 3.63) is 11.8 Å². The summed E-state index contributed by atoms with van der Waals surface area (Å²) in [6.07, 6.45) is 1.76. The van der Waals surface area contributed by atoms with E-state index < -0.39 is 0 Å². The molecule has 1 rings (SSSR count). The maximum atomic E-state index is 10.7. The number of carbonyl (C=O) groups excluding carboxylic acids is 1. The Balaban J connectivity index is 2.57. The predicted molar refractivity (Wildman–Crippen MR) is 34.8 cm³/mol. The third-order valence-electron chi connectivity index (χ3n) is 1.27. The Kier molecular flexibility index (Phi) is 1.85. The largest absolute Gasteiger partial charge is 0.378 e. The summed E-state index contributed by atoms with van der Waals surface area (Å²) in [6.45, 7) is 3.03. The fourth-order valence-corrected chi connectivity index (χ4v) is 0.721. The van der Waals surface area contributed by atoms with Crippen LogP contribution >= 0.6 is 0 Å². The number of hydrogen-bond donors (Lipinski definition) is 2. The van der Waals surface area contributed by atoms with Gasteiger partial charge in [0.2, 0.25) is 0 Å². The molecule has 2 N–H and O–H groups in total. The molecule has 0 aromatic rings. The van der Waals surface area contributed by atoms with E-state index in [1.54, 1.807) is 13.1 Å². The zero-order valence-electron chi connectivity index (χ0n) is 5.40. The van der Waals surface area contributed by atoms with Crippen LogP contribution in [-0.4, -0.2) is 19.0 Å². The Labute approximate surface area is 54.1 Å². The van der Waals surface area contributed by atoms with Crippen molar-refractivity contribution in [2.75, 3.05) is 13.2 Å². The predicted octanol–water partition coefficient (Wildman–Crippen LogP) is -0.390. The van der Waals surface area contributed by atoms with Crippen molar-refractivity contribution in [1.82, 2.24) is 10.6 Å². The maximum absolute atomic E-state index is 10.7. The molecule has 0 unspecified atom stereocenters. The Morgan fingerprint density at radius 2 is 2.56 bits per heavy atom. The van der Waals surface area contributed by atoms with Crippen LogP contribution in [0.25, 0.3) is 0 Å². The minimum atomic E-state index is 0.134. The quantitative estimate of drug-likeness (QED) is 0.502. The van der Waals surface area contributed by atoms with E-state index in [-0.39, 0.29) is 5.78 Å². The molecule has 3 heteroatoms. The lowest BCUT2D eigenvalue weighted by atomic mass is 10.2. The summed E-state index contributed by atoms with van der Waals surface area (Å²) in [6, 6.07) is 0. The molecule has 0 radical (unpaired) electrons. The number of ketones is 1. The van der Waals surface area contributed by atoms with Crippen molar-refractivity contribution < 1.29 is 4.79 Å². The molecule has 0 bridgehead atoms. The summed E-state index contributed by atoms with van der Waals surface area (Å²) < 4.78 is 0. The van der Waals surface area contributed by atoms with Crippen LogP contribution in [0.4, 0.5) is 0 Å². The molecule has 0 saturated heterocycles. The highest BCUT2D eigenvalue weighted by Crippen LogP contribution is 1.94. The van der Waals surface area contributed by atoms with Gasteiger partial charge in [-0.25, -0.2) is 0 Å². The molecule has 3 nitrogen and oxygen atoms in total. The molecule has 0 saturated carbocycles. The normalized spacial score (nSPS) is 18.1. The summed E-state index contributed by atoms with van der Waals surface area (Å²) in [4.78, 5) is 10.7. The number of carbonyl (C=O) groups is 1. The molecule has 0 aromatic carbocycles. The first kappa shape index (κ1) is 6.29. The molecule has 0 amide bonds. The van der Waals surface area contributed by atoms with E-state index in [1.807, 2.05) is 0 Å². The summed E-state index contributed by atoms with van der Waals surface area (Å²) in [7, 11) is 0. The Morgan fingerprint density at radius 1 is 1.78 bits per heavy atom. The van der Waals surface area contributed by atoms with Crippen LogP contribution in [0.5, 0.6) is 0 Å². The molecular formula is C6H10N2O. The van der Waals surface area contributed by atoms with Gasteiger partial charge in [0.25, 0.3) is 0 Å². The third kappa shape index (κ3) is 1.54. The van der Waals surface area contributed by atoms with Gasteiger partial charge in [-0.05, 0) is 6.92 Å². The standard InChI is InChI=1S/C6H10N2O/c1-5(9)6-2-7-4-8-3-6/h2,7-8H,3-4H2,1H3. The van der Waals surface area contributed by atoms with Gasteiger partial charge >= 0.3 is 0 Å². The summed E-state index contributed by atoms with van der Waals surface area (Å²) in [5, 5.41) is 5.94. The second-order valence-corrected chi connectivity index (χ2v) is 2.03. The molecule has 1 heterocycles. The lowest BCUT2D eigenvalue weighted by molar-refractivity contribution is -0.113. The molecule has 9 heavy (non-hydrogen) atoms. The topological polar surface area (TPSA) is 41.1 Å².